The van der Waals surface area contributed by atoms with Crippen molar-refractivity contribution in [1.82, 2.24) is 0 Å². The summed E-state index contributed by atoms with van der Waals surface area (Å²) in [5.41, 5.74) is -0.235. The minimum atomic E-state index is -2.75. The van der Waals surface area contributed by atoms with Crippen molar-refractivity contribution in [3.05, 3.63) is 35.4 Å². The zero-order valence-electron chi connectivity index (χ0n) is 9.28. The molecule has 1 aromatic rings. The molecule has 18 heavy (non-hydrogen) atoms. The van der Waals surface area contributed by atoms with Crippen LogP contribution in [0, 0.1) is 0 Å². The molecule has 0 aromatic heterocycles. The fourth-order valence-electron chi connectivity index (χ4n) is 2.06. The third-order valence-electron chi connectivity index (χ3n) is 3.08. The van der Waals surface area contributed by atoms with Crippen LogP contribution in [0.3, 0.4) is 0 Å². The molecule has 1 saturated carbocycles. The van der Waals surface area contributed by atoms with E-state index in [1.165, 1.54) is 0 Å². The fourth-order valence-corrected chi connectivity index (χ4v) is 2.61. The van der Waals surface area contributed by atoms with Crippen molar-refractivity contribution in [2.24, 2.45) is 4.36 Å². The number of carbonyl (C=O) groups is 1. The zero-order chi connectivity index (χ0) is 13.3. The van der Waals surface area contributed by atoms with Gasteiger partial charge in [0.05, 0.1) is 6.61 Å². The van der Waals surface area contributed by atoms with Crippen molar-refractivity contribution in [3.8, 4) is 0 Å². The molecule has 6 nitrogen and oxygen atoms in total. The first-order valence-corrected chi connectivity index (χ1v) is 6.28. The first kappa shape index (κ1) is 12.7. The van der Waals surface area contributed by atoms with Gasteiger partial charge >= 0.3 is 16.5 Å². The molecular formula is C11H11NO5S. The van der Waals surface area contributed by atoms with Crippen molar-refractivity contribution in [3.63, 3.8) is 0 Å². The molecule has 0 radical (unpaired) electrons. The lowest BCUT2D eigenvalue weighted by Crippen LogP contribution is -2.21. The van der Waals surface area contributed by atoms with Gasteiger partial charge in [0.1, 0.15) is 0 Å². The van der Waals surface area contributed by atoms with E-state index in [1.807, 2.05) is 0 Å². The number of nitrogens with zero attached hydrogens (tertiary/aromatic N) is 1. The highest BCUT2D eigenvalue weighted by Crippen LogP contribution is 2.54. The molecule has 96 valence electrons. The average Bonchev–Trinajstić information content (AvgIpc) is 3.04. The third-order valence-corrected chi connectivity index (χ3v) is 3.55. The molecule has 0 heterocycles. The molecule has 2 rings (SSSR count). The van der Waals surface area contributed by atoms with Gasteiger partial charge in [0.15, 0.2) is 5.54 Å². The third kappa shape index (κ3) is 2.14. The van der Waals surface area contributed by atoms with Crippen LogP contribution in [0.25, 0.3) is 0 Å². The minimum absolute atomic E-state index is 0.148. The summed E-state index contributed by atoms with van der Waals surface area (Å²) in [6, 6.07) is 6.77. The second kappa shape index (κ2) is 4.51. The second-order valence-corrected chi connectivity index (χ2v) is 4.81. The van der Waals surface area contributed by atoms with E-state index >= 15 is 0 Å². The molecule has 2 atom stereocenters. The van der Waals surface area contributed by atoms with Crippen LogP contribution in [0.2, 0.25) is 0 Å². The van der Waals surface area contributed by atoms with Crippen molar-refractivity contribution in [2.45, 2.75) is 24.5 Å². The molecule has 1 aromatic carbocycles. The quantitative estimate of drug-likeness (QED) is 0.830. The van der Waals surface area contributed by atoms with Crippen LogP contribution in [-0.2, 0) is 21.9 Å². The average molecular weight is 269 g/mol. The highest BCUT2D eigenvalue weighted by molar-refractivity contribution is 7.61. The predicted molar refractivity (Wildman–Crippen MR) is 61.4 cm³/mol. The summed E-state index contributed by atoms with van der Waals surface area (Å²) in [4.78, 5) is 11.1. The van der Waals surface area contributed by atoms with Crippen LogP contribution in [-0.4, -0.2) is 30.1 Å². The number of rotatable bonds is 4. The molecule has 0 unspecified atom stereocenters. The Kier molecular flexibility index (Phi) is 3.18. The summed E-state index contributed by atoms with van der Waals surface area (Å²) < 4.78 is 24.5. The number of aliphatic hydroxyl groups excluding tert-OH is 1. The maximum atomic E-state index is 11.1. The van der Waals surface area contributed by atoms with Gasteiger partial charge in [-0.05, 0) is 17.5 Å². The Morgan fingerprint density at radius 2 is 2.22 bits per heavy atom. The Morgan fingerprint density at radius 1 is 1.50 bits per heavy atom. The molecule has 2 N–H and O–H groups in total. The van der Waals surface area contributed by atoms with Crippen LogP contribution >= 0.6 is 0 Å². The number of aliphatic carboxylic acids is 1. The molecule has 1 fully saturated rings. The molecule has 7 heteroatoms. The van der Waals surface area contributed by atoms with Crippen LogP contribution in [0.5, 0.6) is 0 Å². The van der Waals surface area contributed by atoms with Gasteiger partial charge in [0.2, 0.25) is 0 Å². The summed E-state index contributed by atoms with van der Waals surface area (Å²) in [6.45, 7) is -0.148. The lowest BCUT2D eigenvalue weighted by atomic mass is 10.0. The topological polar surface area (TPSA) is 104 Å². The largest absolute Gasteiger partial charge is 0.479 e. The zero-order valence-corrected chi connectivity index (χ0v) is 10.1. The molecule has 0 aliphatic heterocycles. The maximum absolute atomic E-state index is 11.1. The summed E-state index contributed by atoms with van der Waals surface area (Å²) in [7, 11) is -2.75. The van der Waals surface area contributed by atoms with Gasteiger partial charge in [-0.2, -0.15) is 12.8 Å². The summed E-state index contributed by atoms with van der Waals surface area (Å²) in [6.07, 6.45) is 0.158. The van der Waals surface area contributed by atoms with Gasteiger partial charge in [-0.1, -0.05) is 24.3 Å². The molecule has 0 spiro atoms. The van der Waals surface area contributed by atoms with E-state index in [1.54, 1.807) is 24.3 Å². The van der Waals surface area contributed by atoms with Gasteiger partial charge in [-0.25, -0.2) is 4.79 Å². The van der Waals surface area contributed by atoms with Crippen molar-refractivity contribution < 1.29 is 23.4 Å². The van der Waals surface area contributed by atoms with E-state index in [0.717, 1.165) is 0 Å². The monoisotopic (exact) mass is 269 g/mol. The SMILES string of the molecule is O=C(O)[C@@]1(N=S(=O)=O)C[C@H]1c1cccc(CO)c1. The lowest BCUT2D eigenvalue weighted by Gasteiger charge is -2.05. The summed E-state index contributed by atoms with van der Waals surface area (Å²) in [5.74, 6) is -1.70. The molecule has 1 aliphatic rings. The number of benzene rings is 1. The smallest absolute Gasteiger partial charge is 0.333 e. The molecule has 0 bridgehead atoms. The van der Waals surface area contributed by atoms with E-state index in [2.05, 4.69) is 4.36 Å². The van der Waals surface area contributed by atoms with E-state index in [9.17, 15) is 13.2 Å². The van der Waals surface area contributed by atoms with Crippen LogP contribution in [0.1, 0.15) is 23.5 Å². The lowest BCUT2D eigenvalue weighted by molar-refractivity contribution is -0.139. The Balaban J connectivity index is 2.37. The summed E-state index contributed by atoms with van der Waals surface area (Å²) in [5, 5.41) is 18.1. The van der Waals surface area contributed by atoms with E-state index in [-0.39, 0.29) is 13.0 Å². The molecule has 0 amide bonds. The molecular weight excluding hydrogens is 258 g/mol. The second-order valence-electron chi connectivity index (χ2n) is 4.20. The Hall–Kier alpha value is -1.73. The minimum Gasteiger partial charge on any atom is -0.479 e. The van der Waals surface area contributed by atoms with Gasteiger partial charge in [0, 0.05) is 5.92 Å². The fraction of sp³-hybridized carbons (Fsp3) is 0.364. The number of hydrogen-bond acceptors (Lipinski definition) is 5. The Labute approximate surface area is 105 Å². The Bertz CT molecular complexity index is 616. The molecule has 0 saturated heterocycles. The van der Waals surface area contributed by atoms with Crippen LogP contribution in [0.15, 0.2) is 28.6 Å². The van der Waals surface area contributed by atoms with Crippen molar-refractivity contribution in [2.75, 3.05) is 0 Å². The maximum Gasteiger partial charge on any atom is 0.333 e. The first-order chi connectivity index (χ1) is 8.49. The van der Waals surface area contributed by atoms with Crippen LogP contribution < -0.4 is 0 Å². The Morgan fingerprint density at radius 3 is 2.78 bits per heavy atom. The van der Waals surface area contributed by atoms with Crippen molar-refractivity contribution in [1.29, 1.82) is 0 Å². The highest BCUT2D eigenvalue weighted by atomic mass is 32.2. The number of carboxylic acid groups (broad SMARTS) is 1. The van der Waals surface area contributed by atoms with Gasteiger partial charge in [-0.15, -0.1) is 0 Å². The van der Waals surface area contributed by atoms with Crippen molar-refractivity contribution >= 4 is 16.5 Å². The predicted octanol–water partition coefficient (Wildman–Crippen LogP) is 0.552. The van der Waals surface area contributed by atoms with E-state index in [0.29, 0.717) is 11.1 Å². The highest BCUT2D eigenvalue weighted by Gasteiger charge is 2.62. The summed E-state index contributed by atoms with van der Waals surface area (Å²) >= 11 is 0. The van der Waals surface area contributed by atoms with Crippen LogP contribution in [0.4, 0.5) is 0 Å². The van der Waals surface area contributed by atoms with E-state index in [4.69, 9.17) is 10.2 Å². The normalized spacial score (nSPS) is 25.5. The number of carboxylic acids is 1. The first-order valence-electron chi connectivity index (χ1n) is 5.25. The van der Waals surface area contributed by atoms with E-state index < -0.39 is 27.9 Å². The number of aliphatic hydroxyl groups is 1. The van der Waals surface area contributed by atoms with Gasteiger partial charge in [-0.3, -0.25) is 0 Å². The standard InChI is InChI=1S/C11H11NO5S/c13-6-7-2-1-3-8(4-7)9-5-11(9,10(14)15)12-18(16)17/h1-4,9,13H,5-6H2,(H,14,15)/t9-,11+/m0/s1. The van der Waals surface area contributed by atoms with Gasteiger partial charge < -0.3 is 10.2 Å². The molecule has 1 aliphatic carbocycles. The van der Waals surface area contributed by atoms with Gasteiger partial charge in [0.25, 0.3) is 0 Å². The number of hydrogen-bond donors (Lipinski definition) is 2.